The second kappa shape index (κ2) is 4.73. The highest BCUT2D eigenvalue weighted by atomic mass is 35.5. The lowest BCUT2D eigenvalue weighted by Crippen LogP contribution is -2.38. The summed E-state index contributed by atoms with van der Waals surface area (Å²) in [5.41, 5.74) is 7.23. The smallest absolute Gasteiger partial charge is 0.144 e. The molecule has 94 valence electrons. The molecule has 0 spiro atoms. The van der Waals surface area contributed by atoms with Crippen molar-refractivity contribution in [1.82, 2.24) is 0 Å². The standard InChI is InChI=1S/C13H18ClFN2/c1-8-3-4-17(7-9(8)2)13-6-11(15)10(14)5-12(13)16/h5-6,8-9H,3-4,7,16H2,1-2H3. The third kappa shape index (κ3) is 2.49. The molecule has 4 heteroatoms. The summed E-state index contributed by atoms with van der Waals surface area (Å²) in [5.74, 6) is 0.911. The summed E-state index contributed by atoms with van der Waals surface area (Å²) in [4.78, 5) is 2.15. The minimum Gasteiger partial charge on any atom is -0.397 e. The van der Waals surface area contributed by atoms with Crippen LogP contribution >= 0.6 is 11.6 Å². The number of nitrogen functional groups attached to an aromatic ring is 1. The Labute approximate surface area is 107 Å². The molecular formula is C13H18ClFN2. The summed E-state index contributed by atoms with van der Waals surface area (Å²) < 4.78 is 13.5. The third-order valence-corrected chi connectivity index (χ3v) is 4.03. The molecule has 2 nitrogen and oxygen atoms in total. The summed E-state index contributed by atoms with van der Waals surface area (Å²) in [6.07, 6.45) is 1.12. The Bertz CT molecular complexity index is 422. The van der Waals surface area contributed by atoms with E-state index in [0.29, 0.717) is 17.5 Å². The number of hydrogen-bond donors (Lipinski definition) is 1. The van der Waals surface area contributed by atoms with E-state index >= 15 is 0 Å². The zero-order valence-electron chi connectivity index (χ0n) is 10.2. The monoisotopic (exact) mass is 256 g/mol. The van der Waals surface area contributed by atoms with E-state index < -0.39 is 5.82 Å². The first-order chi connectivity index (χ1) is 7.99. The fraction of sp³-hybridized carbons (Fsp3) is 0.538. The van der Waals surface area contributed by atoms with Crippen LogP contribution in [0.15, 0.2) is 12.1 Å². The van der Waals surface area contributed by atoms with Crippen molar-refractivity contribution in [3.05, 3.63) is 23.0 Å². The summed E-state index contributed by atoms with van der Waals surface area (Å²) >= 11 is 5.70. The molecule has 1 aliphatic heterocycles. The molecule has 17 heavy (non-hydrogen) atoms. The fourth-order valence-electron chi connectivity index (χ4n) is 2.31. The molecule has 0 radical (unpaired) electrons. The second-order valence-electron chi connectivity index (χ2n) is 5.01. The van der Waals surface area contributed by atoms with Crippen LogP contribution in [0.5, 0.6) is 0 Å². The molecule has 1 fully saturated rings. The van der Waals surface area contributed by atoms with Crippen molar-refractivity contribution in [2.45, 2.75) is 20.3 Å². The summed E-state index contributed by atoms with van der Waals surface area (Å²) in [7, 11) is 0. The van der Waals surface area contributed by atoms with Gasteiger partial charge in [0.15, 0.2) is 0 Å². The zero-order valence-corrected chi connectivity index (χ0v) is 11.0. The predicted molar refractivity (Wildman–Crippen MR) is 71.0 cm³/mol. The highest BCUT2D eigenvalue weighted by Crippen LogP contribution is 2.33. The highest BCUT2D eigenvalue weighted by Gasteiger charge is 2.24. The van der Waals surface area contributed by atoms with Crippen molar-refractivity contribution in [3.63, 3.8) is 0 Å². The topological polar surface area (TPSA) is 29.3 Å². The van der Waals surface area contributed by atoms with E-state index in [4.69, 9.17) is 17.3 Å². The van der Waals surface area contributed by atoms with Gasteiger partial charge >= 0.3 is 0 Å². The van der Waals surface area contributed by atoms with Crippen LogP contribution in [0.25, 0.3) is 0 Å². The van der Waals surface area contributed by atoms with E-state index in [-0.39, 0.29) is 5.02 Å². The SMILES string of the molecule is CC1CCN(c2cc(F)c(Cl)cc2N)CC1C. The predicted octanol–water partition coefficient (Wildman–Crippen LogP) is 3.54. The quantitative estimate of drug-likeness (QED) is 0.779. The number of nitrogens with two attached hydrogens (primary N) is 1. The van der Waals surface area contributed by atoms with Crippen LogP contribution in [0, 0.1) is 17.7 Å². The van der Waals surface area contributed by atoms with Gasteiger partial charge in [0.05, 0.1) is 16.4 Å². The average molecular weight is 257 g/mol. The maximum Gasteiger partial charge on any atom is 0.144 e. The number of rotatable bonds is 1. The zero-order chi connectivity index (χ0) is 12.6. The molecule has 1 aromatic rings. The first-order valence-electron chi connectivity index (χ1n) is 5.98. The van der Waals surface area contributed by atoms with Crippen molar-refractivity contribution in [2.75, 3.05) is 23.7 Å². The Morgan fingerprint density at radius 3 is 2.71 bits per heavy atom. The van der Waals surface area contributed by atoms with Crippen LogP contribution < -0.4 is 10.6 Å². The van der Waals surface area contributed by atoms with Crippen molar-refractivity contribution in [1.29, 1.82) is 0 Å². The van der Waals surface area contributed by atoms with Crippen LogP contribution in [0.2, 0.25) is 5.02 Å². The molecule has 0 aliphatic carbocycles. The normalized spacial score (nSPS) is 25.1. The lowest BCUT2D eigenvalue weighted by atomic mass is 9.88. The lowest BCUT2D eigenvalue weighted by molar-refractivity contribution is 0.324. The van der Waals surface area contributed by atoms with Crippen molar-refractivity contribution >= 4 is 23.0 Å². The summed E-state index contributed by atoms with van der Waals surface area (Å²) in [6.45, 7) is 6.33. The van der Waals surface area contributed by atoms with Gasteiger partial charge in [0, 0.05) is 19.2 Å². The molecule has 2 rings (SSSR count). The number of benzene rings is 1. The molecule has 0 saturated carbocycles. The van der Waals surface area contributed by atoms with E-state index in [1.807, 2.05) is 0 Å². The molecule has 0 aromatic heterocycles. The van der Waals surface area contributed by atoms with E-state index in [0.717, 1.165) is 25.2 Å². The summed E-state index contributed by atoms with van der Waals surface area (Å²) in [5, 5.41) is 0.0877. The molecule has 1 heterocycles. The van der Waals surface area contributed by atoms with E-state index in [9.17, 15) is 4.39 Å². The van der Waals surface area contributed by atoms with Crippen molar-refractivity contribution < 1.29 is 4.39 Å². The van der Waals surface area contributed by atoms with Crippen LogP contribution in [-0.4, -0.2) is 13.1 Å². The van der Waals surface area contributed by atoms with Crippen LogP contribution in [0.1, 0.15) is 20.3 Å². The largest absolute Gasteiger partial charge is 0.397 e. The minimum atomic E-state index is -0.401. The Morgan fingerprint density at radius 2 is 2.06 bits per heavy atom. The van der Waals surface area contributed by atoms with E-state index in [1.54, 1.807) is 0 Å². The van der Waals surface area contributed by atoms with Crippen LogP contribution in [-0.2, 0) is 0 Å². The Morgan fingerprint density at radius 1 is 1.35 bits per heavy atom. The number of piperidine rings is 1. The molecule has 1 saturated heterocycles. The maximum atomic E-state index is 13.5. The van der Waals surface area contributed by atoms with Gasteiger partial charge in [-0.05, 0) is 24.3 Å². The molecule has 2 N–H and O–H groups in total. The molecule has 2 atom stereocenters. The molecule has 1 aromatic carbocycles. The van der Waals surface area contributed by atoms with Gasteiger partial charge in [-0.15, -0.1) is 0 Å². The molecule has 0 bridgehead atoms. The van der Waals surface area contributed by atoms with E-state index in [2.05, 4.69) is 18.7 Å². The minimum absolute atomic E-state index is 0.0877. The average Bonchev–Trinajstić information content (AvgIpc) is 2.27. The fourth-order valence-corrected chi connectivity index (χ4v) is 2.48. The van der Waals surface area contributed by atoms with Crippen LogP contribution in [0.3, 0.4) is 0 Å². The first-order valence-corrected chi connectivity index (χ1v) is 6.36. The Balaban J connectivity index is 2.26. The Kier molecular flexibility index (Phi) is 3.48. The first kappa shape index (κ1) is 12.5. The van der Waals surface area contributed by atoms with Gasteiger partial charge in [-0.2, -0.15) is 0 Å². The van der Waals surface area contributed by atoms with Gasteiger partial charge in [0.1, 0.15) is 5.82 Å². The van der Waals surface area contributed by atoms with Gasteiger partial charge in [-0.3, -0.25) is 0 Å². The molecular weight excluding hydrogens is 239 g/mol. The van der Waals surface area contributed by atoms with Crippen molar-refractivity contribution in [2.24, 2.45) is 11.8 Å². The van der Waals surface area contributed by atoms with Gasteiger partial charge in [0.25, 0.3) is 0 Å². The molecule has 2 unspecified atom stereocenters. The highest BCUT2D eigenvalue weighted by molar-refractivity contribution is 6.31. The maximum absolute atomic E-state index is 13.5. The third-order valence-electron chi connectivity index (χ3n) is 3.74. The Hall–Kier alpha value is -0.960. The van der Waals surface area contributed by atoms with Gasteiger partial charge in [0.2, 0.25) is 0 Å². The summed E-state index contributed by atoms with van der Waals surface area (Å²) in [6, 6.07) is 2.94. The van der Waals surface area contributed by atoms with Gasteiger partial charge in [-0.1, -0.05) is 25.4 Å². The lowest BCUT2D eigenvalue weighted by Gasteiger charge is -2.37. The van der Waals surface area contributed by atoms with Gasteiger partial charge in [-0.25, -0.2) is 4.39 Å². The number of nitrogens with zero attached hydrogens (tertiary/aromatic N) is 1. The van der Waals surface area contributed by atoms with Crippen molar-refractivity contribution in [3.8, 4) is 0 Å². The number of hydrogen-bond acceptors (Lipinski definition) is 2. The molecule has 1 aliphatic rings. The molecule has 0 amide bonds. The van der Waals surface area contributed by atoms with Gasteiger partial charge < -0.3 is 10.6 Å². The number of halogens is 2. The van der Waals surface area contributed by atoms with E-state index in [1.165, 1.54) is 12.1 Å². The van der Waals surface area contributed by atoms with Crippen LogP contribution in [0.4, 0.5) is 15.8 Å². The second-order valence-corrected chi connectivity index (χ2v) is 5.42. The number of anilines is 2.